The maximum absolute atomic E-state index is 12.9. The summed E-state index contributed by atoms with van der Waals surface area (Å²) in [5, 5.41) is 18.1. The van der Waals surface area contributed by atoms with Gasteiger partial charge in [-0.2, -0.15) is 5.10 Å². The normalized spacial score (nSPS) is 11.0. The molecule has 0 unspecified atom stereocenters. The summed E-state index contributed by atoms with van der Waals surface area (Å²) in [5.74, 6) is -1.07. The molecule has 0 fully saturated rings. The number of halogens is 1. The number of hydrazone groups is 1. The maximum atomic E-state index is 12.9. The van der Waals surface area contributed by atoms with Crippen LogP contribution < -0.4 is 20.6 Å². The third-order valence-electron chi connectivity index (χ3n) is 3.46. The van der Waals surface area contributed by atoms with Gasteiger partial charge in [-0.05, 0) is 67.2 Å². The van der Waals surface area contributed by atoms with Gasteiger partial charge >= 0.3 is 0 Å². The van der Waals surface area contributed by atoms with Crippen LogP contribution in [0.25, 0.3) is 0 Å². The lowest BCUT2D eigenvalue weighted by Crippen LogP contribution is -2.25. The Kier molecular flexibility index (Phi) is 6.62. The van der Waals surface area contributed by atoms with Crippen LogP contribution in [0, 0.1) is 5.82 Å². The number of hydrogen-bond acceptors (Lipinski definition) is 5. The molecular formula is C18H17FN3O3S-. The van der Waals surface area contributed by atoms with E-state index < -0.39 is 5.97 Å². The van der Waals surface area contributed by atoms with Crippen molar-refractivity contribution in [3.8, 4) is 5.75 Å². The summed E-state index contributed by atoms with van der Waals surface area (Å²) in [5.41, 5.74) is 5.10. The van der Waals surface area contributed by atoms with E-state index in [0.717, 1.165) is 0 Å². The molecule has 0 heterocycles. The Labute approximate surface area is 155 Å². The Morgan fingerprint density at radius 3 is 2.58 bits per heavy atom. The second kappa shape index (κ2) is 8.91. The van der Waals surface area contributed by atoms with Gasteiger partial charge in [-0.3, -0.25) is 5.43 Å². The van der Waals surface area contributed by atoms with Crippen LogP contribution in [0.5, 0.6) is 5.75 Å². The van der Waals surface area contributed by atoms with E-state index in [4.69, 9.17) is 17.0 Å². The van der Waals surface area contributed by atoms with Crippen LogP contribution in [-0.2, 0) is 11.2 Å². The molecule has 0 saturated heterocycles. The summed E-state index contributed by atoms with van der Waals surface area (Å²) < 4.78 is 18.0. The van der Waals surface area contributed by atoms with Gasteiger partial charge in [0.2, 0.25) is 0 Å². The van der Waals surface area contributed by atoms with Crippen molar-refractivity contribution in [2.24, 2.45) is 5.10 Å². The minimum atomic E-state index is -1.20. The Bertz CT molecular complexity index is 838. The molecule has 0 aliphatic heterocycles. The molecule has 0 atom stereocenters. The number of rotatable bonds is 6. The van der Waals surface area contributed by atoms with E-state index in [1.807, 2.05) is 0 Å². The van der Waals surface area contributed by atoms with Crippen molar-refractivity contribution in [2.75, 3.05) is 12.4 Å². The number of carboxylic acids is 1. The van der Waals surface area contributed by atoms with Crippen LogP contribution in [0.1, 0.15) is 18.1 Å². The zero-order valence-corrected chi connectivity index (χ0v) is 15.0. The summed E-state index contributed by atoms with van der Waals surface area (Å²) in [7, 11) is 1.47. The molecule has 136 valence electrons. The van der Waals surface area contributed by atoms with Crippen LogP contribution in [0.4, 0.5) is 10.1 Å². The van der Waals surface area contributed by atoms with Crippen molar-refractivity contribution in [3.63, 3.8) is 0 Å². The van der Waals surface area contributed by atoms with Crippen molar-refractivity contribution in [2.45, 2.75) is 13.3 Å². The van der Waals surface area contributed by atoms with Gasteiger partial charge in [-0.25, -0.2) is 4.39 Å². The van der Waals surface area contributed by atoms with Gasteiger partial charge in [-0.1, -0.05) is 0 Å². The van der Waals surface area contributed by atoms with Crippen molar-refractivity contribution in [1.82, 2.24) is 5.43 Å². The molecular weight excluding hydrogens is 357 g/mol. The highest BCUT2D eigenvalue weighted by Crippen LogP contribution is 2.20. The number of benzene rings is 2. The van der Waals surface area contributed by atoms with Crippen LogP contribution >= 0.6 is 12.2 Å². The molecule has 2 aromatic carbocycles. The molecule has 0 bridgehead atoms. The quantitative estimate of drug-likeness (QED) is 0.456. The van der Waals surface area contributed by atoms with Gasteiger partial charge in [0.15, 0.2) is 5.11 Å². The molecule has 0 radical (unpaired) electrons. The number of carboxylic acid groups (broad SMARTS) is 1. The van der Waals surface area contributed by atoms with E-state index in [-0.39, 0.29) is 17.4 Å². The summed E-state index contributed by atoms with van der Waals surface area (Å²) in [6.45, 7) is 1.75. The largest absolute Gasteiger partial charge is 0.550 e. The summed E-state index contributed by atoms with van der Waals surface area (Å²) in [4.78, 5) is 10.9. The second-order valence-corrected chi connectivity index (χ2v) is 5.75. The molecule has 0 spiro atoms. The van der Waals surface area contributed by atoms with E-state index in [2.05, 4.69) is 15.8 Å². The van der Waals surface area contributed by atoms with Crippen molar-refractivity contribution >= 4 is 34.7 Å². The predicted molar refractivity (Wildman–Crippen MR) is 99.7 cm³/mol. The van der Waals surface area contributed by atoms with Crippen molar-refractivity contribution in [1.29, 1.82) is 0 Å². The smallest absolute Gasteiger partial charge is 0.191 e. The van der Waals surface area contributed by atoms with Crippen LogP contribution in [0.15, 0.2) is 47.6 Å². The van der Waals surface area contributed by atoms with E-state index in [0.29, 0.717) is 28.3 Å². The number of aliphatic carboxylic acids is 1. The lowest BCUT2D eigenvalue weighted by molar-refractivity contribution is -0.304. The Balaban J connectivity index is 2.07. The number of anilines is 1. The molecule has 0 saturated carbocycles. The highest BCUT2D eigenvalue weighted by molar-refractivity contribution is 7.80. The molecule has 0 aromatic heterocycles. The van der Waals surface area contributed by atoms with Crippen LogP contribution in [0.3, 0.4) is 0 Å². The fourth-order valence-electron chi connectivity index (χ4n) is 2.19. The first-order valence-corrected chi connectivity index (χ1v) is 8.04. The highest BCUT2D eigenvalue weighted by atomic mass is 32.1. The van der Waals surface area contributed by atoms with Crippen molar-refractivity contribution < 1.29 is 19.0 Å². The van der Waals surface area contributed by atoms with Crippen molar-refractivity contribution in [3.05, 3.63) is 59.4 Å². The monoisotopic (exact) mass is 374 g/mol. The number of hydrogen-bond donors (Lipinski definition) is 2. The van der Waals surface area contributed by atoms with E-state index in [1.54, 1.807) is 37.3 Å². The number of carbonyl (C=O) groups is 1. The Morgan fingerprint density at radius 1 is 1.27 bits per heavy atom. The third-order valence-corrected chi connectivity index (χ3v) is 3.65. The van der Waals surface area contributed by atoms with E-state index >= 15 is 0 Å². The minimum Gasteiger partial charge on any atom is -0.550 e. The third kappa shape index (κ3) is 5.52. The standard InChI is InChI=1S/C18H18FN3O3S/c1-11(12-3-8-16(25-2)13(9-12)10-17(23)24)21-22-18(26)20-15-6-4-14(19)5-7-15/h3-9H,10H2,1-2H3,(H,23,24)(H2,20,22,26)/p-1/b21-11-. The molecule has 2 N–H and O–H groups in total. The van der Waals surface area contributed by atoms with Gasteiger partial charge < -0.3 is 20.0 Å². The highest BCUT2D eigenvalue weighted by Gasteiger charge is 2.07. The Morgan fingerprint density at radius 2 is 1.96 bits per heavy atom. The molecule has 26 heavy (non-hydrogen) atoms. The number of nitrogens with one attached hydrogen (secondary N) is 2. The fraction of sp³-hybridized carbons (Fsp3) is 0.167. The van der Waals surface area contributed by atoms with Crippen LogP contribution in [-0.4, -0.2) is 23.9 Å². The van der Waals surface area contributed by atoms with Gasteiger partial charge in [-0.15, -0.1) is 0 Å². The molecule has 0 amide bonds. The zero-order valence-electron chi connectivity index (χ0n) is 14.2. The first kappa shape index (κ1) is 19.3. The lowest BCUT2D eigenvalue weighted by Gasteiger charge is -2.12. The molecule has 0 aliphatic carbocycles. The predicted octanol–water partition coefficient (Wildman–Crippen LogP) is 1.84. The first-order valence-electron chi connectivity index (χ1n) is 7.63. The number of carbonyl (C=O) groups excluding carboxylic acids is 1. The second-order valence-electron chi connectivity index (χ2n) is 5.35. The van der Waals surface area contributed by atoms with Crippen LogP contribution in [0.2, 0.25) is 0 Å². The number of methoxy groups -OCH3 is 1. The fourth-order valence-corrected chi connectivity index (χ4v) is 2.35. The SMILES string of the molecule is COc1ccc(/C(C)=N\NC(=S)Nc2ccc(F)cc2)cc1CC(=O)[O-]. The van der Waals surface area contributed by atoms with Gasteiger partial charge in [0.1, 0.15) is 11.6 Å². The number of ether oxygens (including phenoxy) is 1. The van der Waals surface area contributed by atoms with Gasteiger partial charge in [0.25, 0.3) is 0 Å². The lowest BCUT2D eigenvalue weighted by atomic mass is 10.0. The van der Waals surface area contributed by atoms with Gasteiger partial charge in [0, 0.05) is 23.6 Å². The topological polar surface area (TPSA) is 85.8 Å². The molecule has 2 rings (SSSR count). The summed E-state index contributed by atoms with van der Waals surface area (Å²) in [6.07, 6.45) is -0.262. The first-order chi connectivity index (χ1) is 12.4. The Hall–Kier alpha value is -3.00. The average molecular weight is 374 g/mol. The minimum absolute atomic E-state index is 0.236. The molecule has 2 aromatic rings. The van der Waals surface area contributed by atoms with E-state index in [1.165, 1.54) is 19.2 Å². The maximum Gasteiger partial charge on any atom is 0.191 e. The van der Waals surface area contributed by atoms with E-state index in [9.17, 15) is 14.3 Å². The summed E-state index contributed by atoms with van der Waals surface area (Å²) >= 11 is 5.13. The zero-order chi connectivity index (χ0) is 19.1. The molecule has 8 heteroatoms. The summed E-state index contributed by atoms with van der Waals surface area (Å²) in [6, 6.07) is 10.8. The average Bonchev–Trinajstić information content (AvgIpc) is 2.61. The number of nitrogens with zero attached hydrogens (tertiary/aromatic N) is 1. The van der Waals surface area contributed by atoms with Gasteiger partial charge in [0.05, 0.1) is 12.8 Å². The molecule has 6 nitrogen and oxygen atoms in total. The molecule has 0 aliphatic rings. The number of thiocarbonyl (C=S) groups is 1.